The fraction of sp³-hybridized carbons (Fsp3) is 0.583. The molecular formula is C12H19NO6S2. The number of ether oxygens (including phenoxy) is 2. The van der Waals surface area contributed by atoms with Crippen molar-refractivity contribution in [1.82, 2.24) is 4.31 Å². The zero-order valence-corrected chi connectivity index (χ0v) is 13.8. The number of hydrogen-bond donors (Lipinski definition) is 1. The number of nitrogens with zero attached hydrogens (tertiary/aromatic N) is 1. The van der Waals surface area contributed by atoms with Gasteiger partial charge in [-0.1, -0.05) is 0 Å². The Hall–Kier alpha value is -1.00. The minimum absolute atomic E-state index is 0.135. The third-order valence-corrected chi connectivity index (χ3v) is 6.10. The Morgan fingerprint density at radius 3 is 2.24 bits per heavy atom. The van der Waals surface area contributed by atoms with Gasteiger partial charge in [-0.2, -0.15) is 4.31 Å². The minimum Gasteiger partial charge on any atom is -0.477 e. The van der Waals surface area contributed by atoms with E-state index in [4.69, 9.17) is 14.6 Å². The molecule has 0 radical (unpaired) electrons. The van der Waals surface area contributed by atoms with Gasteiger partial charge in [-0.3, -0.25) is 0 Å². The lowest BCUT2D eigenvalue weighted by molar-refractivity contribution is 0.0698. The Morgan fingerprint density at radius 1 is 1.29 bits per heavy atom. The van der Waals surface area contributed by atoms with Gasteiger partial charge in [-0.25, -0.2) is 13.2 Å². The highest BCUT2D eigenvalue weighted by Gasteiger charge is 2.31. The fourth-order valence-corrected chi connectivity index (χ4v) is 4.76. The maximum atomic E-state index is 12.7. The first-order valence-electron chi connectivity index (χ1n) is 6.15. The molecular weight excluding hydrogens is 318 g/mol. The Bertz CT molecular complexity index is 573. The summed E-state index contributed by atoms with van der Waals surface area (Å²) in [6.07, 6.45) is 0. The quantitative estimate of drug-likeness (QED) is 0.724. The molecule has 0 bridgehead atoms. The number of carboxylic acids is 1. The lowest BCUT2D eigenvalue weighted by Crippen LogP contribution is -2.37. The summed E-state index contributed by atoms with van der Waals surface area (Å²) in [5.41, 5.74) is 0.428. The Labute approximate surface area is 128 Å². The lowest BCUT2D eigenvalue weighted by atomic mass is 10.3. The molecule has 120 valence electrons. The van der Waals surface area contributed by atoms with Crippen molar-refractivity contribution in [3.05, 3.63) is 15.8 Å². The second kappa shape index (κ2) is 7.85. The van der Waals surface area contributed by atoms with Crippen molar-refractivity contribution in [3.8, 4) is 0 Å². The van der Waals surface area contributed by atoms with Gasteiger partial charge in [-0.15, -0.1) is 11.3 Å². The molecule has 1 aromatic heterocycles. The van der Waals surface area contributed by atoms with Crippen molar-refractivity contribution in [1.29, 1.82) is 0 Å². The van der Waals surface area contributed by atoms with E-state index in [1.165, 1.54) is 23.9 Å². The molecule has 7 nitrogen and oxygen atoms in total. The molecule has 0 spiro atoms. The average Bonchev–Trinajstić information content (AvgIpc) is 2.81. The molecule has 0 atom stereocenters. The number of methoxy groups -OCH3 is 2. The summed E-state index contributed by atoms with van der Waals surface area (Å²) < 4.78 is 36.4. The molecule has 0 saturated heterocycles. The van der Waals surface area contributed by atoms with Crippen LogP contribution in [0.3, 0.4) is 0 Å². The van der Waals surface area contributed by atoms with Gasteiger partial charge in [0.25, 0.3) is 0 Å². The molecule has 0 amide bonds. The van der Waals surface area contributed by atoms with E-state index in [-0.39, 0.29) is 36.1 Å². The van der Waals surface area contributed by atoms with Gasteiger partial charge in [0.05, 0.1) is 13.2 Å². The predicted octanol–water partition coefficient (Wildman–Crippen LogP) is 1.04. The van der Waals surface area contributed by atoms with Crippen molar-refractivity contribution < 1.29 is 27.8 Å². The number of aromatic carboxylic acids is 1. The largest absolute Gasteiger partial charge is 0.477 e. The second-order valence-corrected chi connectivity index (χ2v) is 7.03. The van der Waals surface area contributed by atoms with E-state index in [0.29, 0.717) is 5.56 Å². The van der Waals surface area contributed by atoms with Gasteiger partial charge in [0.1, 0.15) is 9.77 Å². The number of rotatable bonds is 9. The van der Waals surface area contributed by atoms with Crippen molar-refractivity contribution >= 4 is 27.3 Å². The lowest BCUT2D eigenvalue weighted by Gasteiger charge is -2.22. The summed E-state index contributed by atoms with van der Waals surface area (Å²) in [6, 6.07) is 0. The van der Waals surface area contributed by atoms with Gasteiger partial charge in [0.2, 0.25) is 10.0 Å². The van der Waals surface area contributed by atoms with Crippen LogP contribution in [0.1, 0.15) is 15.2 Å². The summed E-state index contributed by atoms with van der Waals surface area (Å²) in [5.74, 6) is -1.25. The highest BCUT2D eigenvalue weighted by Crippen LogP contribution is 2.29. The van der Waals surface area contributed by atoms with Gasteiger partial charge in [0, 0.05) is 27.3 Å². The van der Waals surface area contributed by atoms with Crippen LogP contribution in [0.25, 0.3) is 0 Å². The molecule has 9 heteroatoms. The number of sulfonamides is 1. The molecule has 0 aliphatic rings. The topological polar surface area (TPSA) is 93.1 Å². The maximum absolute atomic E-state index is 12.7. The van der Waals surface area contributed by atoms with E-state index in [1.807, 2.05) is 0 Å². The standard InChI is InChI=1S/C12H19NO6S2/c1-9-8-20-10(12(14)15)11(9)21(16,17)13(4-6-18-2)5-7-19-3/h8H,4-7H2,1-3H3,(H,14,15). The van der Waals surface area contributed by atoms with Gasteiger partial charge in [-0.05, 0) is 17.9 Å². The van der Waals surface area contributed by atoms with E-state index in [1.54, 1.807) is 6.92 Å². The van der Waals surface area contributed by atoms with Crippen LogP contribution in [0.15, 0.2) is 10.3 Å². The number of carbonyl (C=O) groups is 1. The first-order valence-corrected chi connectivity index (χ1v) is 8.47. The average molecular weight is 337 g/mol. The van der Waals surface area contributed by atoms with Gasteiger partial charge < -0.3 is 14.6 Å². The van der Waals surface area contributed by atoms with Crippen molar-refractivity contribution in [2.45, 2.75) is 11.8 Å². The van der Waals surface area contributed by atoms with E-state index >= 15 is 0 Å². The van der Waals surface area contributed by atoms with Gasteiger partial charge >= 0.3 is 5.97 Å². The SMILES string of the molecule is COCCN(CCOC)S(=O)(=O)c1c(C)csc1C(=O)O. The van der Waals surface area contributed by atoms with Crippen molar-refractivity contribution in [2.24, 2.45) is 0 Å². The monoisotopic (exact) mass is 337 g/mol. The van der Waals surface area contributed by atoms with E-state index < -0.39 is 16.0 Å². The summed E-state index contributed by atoms with van der Waals surface area (Å²) >= 11 is 0.908. The predicted molar refractivity (Wildman–Crippen MR) is 78.5 cm³/mol. The molecule has 1 N–H and O–H groups in total. The first kappa shape index (κ1) is 18.1. The molecule has 0 fully saturated rings. The Balaban J connectivity index is 3.21. The summed E-state index contributed by atoms with van der Waals surface area (Å²) in [4.78, 5) is 10.9. The number of carboxylic acid groups (broad SMARTS) is 1. The maximum Gasteiger partial charge on any atom is 0.347 e. The van der Waals surface area contributed by atoms with Gasteiger partial charge in [0.15, 0.2) is 0 Å². The zero-order valence-electron chi connectivity index (χ0n) is 12.2. The summed E-state index contributed by atoms with van der Waals surface area (Å²) in [5, 5.41) is 10.7. The van der Waals surface area contributed by atoms with Crippen LogP contribution < -0.4 is 0 Å². The number of thiophene rings is 1. The van der Waals surface area contributed by atoms with Crippen LogP contribution in [-0.2, 0) is 19.5 Å². The van der Waals surface area contributed by atoms with Crippen molar-refractivity contribution in [2.75, 3.05) is 40.5 Å². The highest BCUT2D eigenvalue weighted by atomic mass is 32.2. The highest BCUT2D eigenvalue weighted by molar-refractivity contribution is 7.89. The third kappa shape index (κ3) is 4.24. The fourth-order valence-electron chi connectivity index (χ4n) is 1.77. The molecule has 0 unspecified atom stereocenters. The van der Waals surface area contributed by atoms with Crippen LogP contribution in [-0.4, -0.2) is 64.3 Å². The molecule has 1 heterocycles. The van der Waals surface area contributed by atoms with Crippen LogP contribution >= 0.6 is 11.3 Å². The second-order valence-electron chi connectivity index (χ2n) is 4.27. The summed E-state index contributed by atoms with van der Waals surface area (Å²) in [6.45, 7) is 2.29. The Kier molecular flexibility index (Phi) is 6.75. The molecule has 0 saturated carbocycles. The molecule has 1 aromatic rings. The first-order chi connectivity index (χ1) is 9.86. The van der Waals surface area contributed by atoms with Crippen LogP contribution in [0.4, 0.5) is 0 Å². The molecule has 0 aliphatic carbocycles. The van der Waals surface area contributed by atoms with E-state index in [0.717, 1.165) is 11.3 Å². The third-order valence-electron chi connectivity index (χ3n) is 2.80. The van der Waals surface area contributed by atoms with Crippen LogP contribution in [0.5, 0.6) is 0 Å². The molecule has 1 rings (SSSR count). The minimum atomic E-state index is -3.91. The molecule has 0 aliphatic heterocycles. The normalized spacial score (nSPS) is 12.0. The van der Waals surface area contributed by atoms with Crippen LogP contribution in [0.2, 0.25) is 0 Å². The van der Waals surface area contributed by atoms with Crippen LogP contribution in [0, 0.1) is 6.92 Å². The van der Waals surface area contributed by atoms with Crippen molar-refractivity contribution in [3.63, 3.8) is 0 Å². The van der Waals surface area contributed by atoms with E-state index in [2.05, 4.69) is 0 Å². The number of aryl methyl sites for hydroxylation is 1. The summed E-state index contributed by atoms with van der Waals surface area (Å²) in [7, 11) is -0.962. The number of hydrogen-bond acceptors (Lipinski definition) is 6. The molecule has 21 heavy (non-hydrogen) atoms. The zero-order chi connectivity index (χ0) is 16.0. The van der Waals surface area contributed by atoms with E-state index in [9.17, 15) is 13.2 Å². The smallest absolute Gasteiger partial charge is 0.347 e. The Morgan fingerprint density at radius 2 is 1.81 bits per heavy atom. The molecule has 0 aromatic carbocycles.